The van der Waals surface area contributed by atoms with Gasteiger partial charge in [-0.1, -0.05) is 25.3 Å². The van der Waals surface area contributed by atoms with E-state index in [4.69, 9.17) is 0 Å². The first-order chi connectivity index (χ1) is 13.7. The number of pyridine rings is 1. The fourth-order valence-electron chi connectivity index (χ4n) is 3.42. The molecule has 2 aromatic heterocycles. The van der Waals surface area contributed by atoms with Crippen molar-refractivity contribution in [3.63, 3.8) is 0 Å². The van der Waals surface area contributed by atoms with E-state index in [1.165, 1.54) is 37.5 Å². The Hall–Kier alpha value is -3.09. The zero-order chi connectivity index (χ0) is 19.3. The summed E-state index contributed by atoms with van der Waals surface area (Å²) in [5, 5.41) is 6.15. The minimum Gasteiger partial charge on any atom is -0.351 e. The molecule has 1 saturated carbocycles. The number of para-hydroxylation sites is 1. The summed E-state index contributed by atoms with van der Waals surface area (Å²) in [6.45, 7) is 0. The van der Waals surface area contributed by atoms with Gasteiger partial charge in [-0.15, -0.1) is 0 Å². The van der Waals surface area contributed by atoms with Crippen molar-refractivity contribution in [1.82, 2.24) is 15.0 Å². The van der Waals surface area contributed by atoms with Crippen LogP contribution < -0.4 is 10.6 Å². The summed E-state index contributed by atoms with van der Waals surface area (Å²) in [5.74, 6) is -0.582. The highest BCUT2D eigenvalue weighted by Crippen LogP contribution is 2.27. The van der Waals surface area contributed by atoms with Crippen LogP contribution in [0.3, 0.4) is 0 Å². The van der Waals surface area contributed by atoms with Gasteiger partial charge >= 0.3 is 0 Å². The molecular weight excluding hydrogens is 360 g/mol. The molecule has 144 valence electrons. The van der Waals surface area contributed by atoms with E-state index in [1.54, 1.807) is 18.5 Å². The maximum absolute atomic E-state index is 14.1. The molecule has 3 aromatic rings. The summed E-state index contributed by atoms with van der Waals surface area (Å²) < 4.78 is 28.1. The molecule has 1 aromatic carbocycles. The summed E-state index contributed by atoms with van der Waals surface area (Å²) in [7, 11) is 0. The van der Waals surface area contributed by atoms with Crippen LogP contribution in [0.15, 0.2) is 48.8 Å². The van der Waals surface area contributed by atoms with E-state index in [1.807, 2.05) is 12.1 Å². The van der Waals surface area contributed by atoms with Gasteiger partial charge in [0, 0.05) is 30.1 Å². The highest BCUT2D eigenvalue weighted by molar-refractivity contribution is 5.67. The van der Waals surface area contributed by atoms with E-state index < -0.39 is 11.6 Å². The summed E-state index contributed by atoms with van der Waals surface area (Å²) >= 11 is 0. The Morgan fingerprint density at radius 3 is 2.32 bits per heavy atom. The van der Waals surface area contributed by atoms with Crippen LogP contribution in [0.4, 0.5) is 26.2 Å². The maximum atomic E-state index is 14.1. The summed E-state index contributed by atoms with van der Waals surface area (Å²) in [5.41, 5.74) is 1.27. The van der Waals surface area contributed by atoms with E-state index in [0.717, 1.165) is 18.4 Å². The molecular formula is C21H21F2N5. The average Bonchev–Trinajstić information content (AvgIpc) is 2.72. The largest absolute Gasteiger partial charge is 0.351 e. The summed E-state index contributed by atoms with van der Waals surface area (Å²) in [6.07, 6.45) is 9.07. The van der Waals surface area contributed by atoms with Gasteiger partial charge in [0.25, 0.3) is 0 Å². The van der Waals surface area contributed by atoms with Gasteiger partial charge in [0.15, 0.2) is 0 Å². The highest BCUT2D eigenvalue weighted by Gasteiger charge is 2.16. The number of aromatic nitrogens is 3. The lowest BCUT2D eigenvalue weighted by atomic mass is 9.96. The molecule has 4 rings (SSSR count). The Balaban J connectivity index is 1.69. The second kappa shape index (κ2) is 8.29. The average molecular weight is 381 g/mol. The lowest BCUT2D eigenvalue weighted by Crippen LogP contribution is -2.23. The van der Waals surface area contributed by atoms with Crippen molar-refractivity contribution in [3.8, 4) is 11.3 Å². The van der Waals surface area contributed by atoms with Crippen LogP contribution in [0, 0.1) is 11.6 Å². The molecule has 2 heterocycles. The van der Waals surface area contributed by atoms with Gasteiger partial charge in [-0.3, -0.25) is 4.98 Å². The van der Waals surface area contributed by atoms with Gasteiger partial charge in [0.1, 0.15) is 23.1 Å². The molecule has 28 heavy (non-hydrogen) atoms. The predicted octanol–water partition coefficient (Wildman–Crippen LogP) is 5.31. The van der Waals surface area contributed by atoms with Gasteiger partial charge in [-0.05, 0) is 37.1 Å². The van der Waals surface area contributed by atoms with Crippen molar-refractivity contribution >= 4 is 17.5 Å². The van der Waals surface area contributed by atoms with Crippen LogP contribution in [0.5, 0.6) is 0 Å². The number of hydrogen-bond donors (Lipinski definition) is 2. The molecule has 0 atom stereocenters. The molecule has 0 unspecified atom stereocenters. The molecule has 0 amide bonds. The van der Waals surface area contributed by atoms with E-state index in [2.05, 4.69) is 25.6 Å². The van der Waals surface area contributed by atoms with Crippen LogP contribution >= 0.6 is 0 Å². The SMILES string of the molecule is Fc1cccc(F)c1Nc1cc(-c2ccncc2)nc(NC2CCCCC2)n1. The van der Waals surface area contributed by atoms with Crippen LogP contribution in [0.25, 0.3) is 11.3 Å². The second-order valence-corrected chi connectivity index (χ2v) is 6.90. The fraction of sp³-hybridized carbons (Fsp3) is 0.286. The number of rotatable bonds is 5. The third kappa shape index (κ3) is 4.24. The Kier molecular flexibility index (Phi) is 5.41. The van der Waals surface area contributed by atoms with Gasteiger partial charge in [-0.2, -0.15) is 4.98 Å². The topological polar surface area (TPSA) is 62.7 Å². The lowest BCUT2D eigenvalue weighted by molar-refractivity contribution is 0.461. The predicted molar refractivity (Wildman–Crippen MR) is 105 cm³/mol. The molecule has 5 nitrogen and oxygen atoms in total. The summed E-state index contributed by atoms with van der Waals surface area (Å²) in [4.78, 5) is 13.1. The zero-order valence-electron chi connectivity index (χ0n) is 15.3. The van der Waals surface area contributed by atoms with Gasteiger partial charge in [0.05, 0.1) is 5.69 Å². The van der Waals surface area contributed by atoms with Crippen molar-refractivity contribution in [1.29, 1.82) is 0 Å². The molecule has 1 aliphatic rings. The standard InChI is InChI=1S/C21H21F2N5/c22-16-7-4-8-17(23)20(16)27-19-13-18(14-9-11-24-12-10-14)26-21(28-19)25-15-5-2-1-3-6-15/h4,7-13,15H,1-3,5-6H2,(H2,25,26,27,28). The number of nitrogens with zero attached hydrogens (tertiary/aromatic N) is 3. The van der Waals surface area contributed by atoms with Gasteiger partial charge in [0.2, 0.25) is 5.95 Å². The van der Waals surface area contributed by atoms with Crippen LogP contribution in [-0.4, -0.2) is 21.0 Å². The van der Waals surface area contributed by atoms with Crippen molar-refractivity contribution < 1.29 is 8.78 Å². The number of anilines is 3. The Labute approximate surface area is 162 Å². The molecule has 0 radical (unpaired) electrons. The molecule has 0 saturated heterocycles. The normalized spacial score (nSPS) is 14.6. The first kappa shape index (κ1) is 18.3. The molecule has 1 aliphatic carbocycles. The number of halogens is 2. The Morgan fingerprint density at radius 2 is 1.61 bits per heavy atom. The minimum absolute atomic E-state index is 0.231. The molecule has 0 aliphatic heterocycles. The fourth-order valence-corrected chi connectivity index (χ4v) is 3.42. The molecule has 1 fully saturated rings. The number of nitrogens with one attached hydrogen (secondary N) is 2. The quantitative estimate of drug-likeness (QED) is 0.627. The van der Waals surface area contributed by atoms with Crippen molar-refractivity contribution in [2.45, 2.75) is 38.1 Å². The third-order valence-electron chi connectivity index (χ3n) is 4.86. The van der Waals surface area contributed by atoms with Crippen LogP contribution in [0.2, 0.25) is 0 Å². The molecule has 0 bridgehead atoms. The molecule has 7 heteroatoms. The Bertz CT molecular complexity index is 923. The van der Waals surface area contributed by atoms with E-state index in [9.17, 15) is 8.78 Å². The van der Waals surface area contributed by atoms with E-state index in [0.29, 0.717) is 23.5 Å². The number of benzene rings is 1. The van der Waals surface area contributed by atoms with Crippen LogP contribution in [-0.2, 0) is 0 Å². The first-order valence-electron chi connectivity index (χ1n) is 9.46. The minimum atomic E-state index is -0.675. The number of hydrogen-bond acceptors (Lipinski definition) is 5. The van der Waals surface area contributed by atoms with Gasteiger partial charge < -0.3 is 10.6 Å². The molecule has 0 spiro atoms. The third-order valence-corrected chi connectivity index (χ3v) is 4.86. The smallest absolute Gasteiger partial charge is 0.225 e. The van der Waals surface area contributed by atoms with E-state index >= 15 is 0 Å². The van der Waals surface area contributed by atoms with Crippen molar-refractivity contribution in [2.75, 3.05) is 10.6 Å². The molecule has 2 N–H and O–H groups in total. The van der Waals surface area contributed by atoms with Gasteiger partial charge in [-0.25, -0.2) is 13.8 Å². The lowest BCUT2D eigenvalue weighted by Gasteiger charge is -2.23. The Morgan fingerprint density at radius 1 is 0.893 bits per heavy atom. The maximum Gasteiger partial charge on any atom is 0.225 e. The zero-order valence-corrected chi connectivity index (χ0v) is 15.3. The van der Waals surface area contributed by atoms with Crippen LogP contribution in [0.1, 0.15) is 32.1 Å². The monoisotopic (exact) mass is 381 g/mol. The van der Waals surface area contributed by atoms with Crippen molar-refractivity contribution in [3.05, 3.63) is 60.4 Å². The second-order valence-electron chi connectivity index (χ2n) is 6.90. The summed E-state index contributed by atoms with van der Waals surface area (Å²) in [6, 6.07) is 9.39. The highest BCUT2D eigenvalue weighted by atomic mass is 19.1. The first-order valence-corrected chi connectivity index (χ1v) is 9.46. The van der Waals surface area contributed by atoms with E-state index in [-0.39, 0.29) is 5.69 Å². The van der Waals surface area contributed by atoms with Crippen molar-refractivity contribution in [2.24, 2.45) is 0 Å².